The molecule has 0 bridgehead atoms. The molecule has 5 atom stereocenters. The van der Waals surface area contributed by atoms with Gasteiger partial charge in [-0.2, -0.15) is 0 Å². The van der Waals surface area contributed by atoms with Crippen LogP contribution in [0.25, 0.3) is 0 Å². The van der Waals surface area contributed by atoms with Crippen molar-refractivity contribution in [2.45, 2.75) is 70.0 Å². The topological polar surface area (TPSA) is 98.8 Å². The first-order valence-corrected chi connectivity index (χ1v) is 9.36. The average Bonchev–Trinajstić information content (AvgIpc) is 3.14. The lowest BCUT2D eigenvalue weighted by atomic mass is 9.99. The molecule has 1 aromatic rings. The highest BCUT2D eigenvalue weighted by atomic mass is 16.9. The number of hydrogen-bond donors (Lipinski definition) is 0. The molecule has 3 aliphatic rings. The second-order valence-electron chi connectivity index (χ2n) is 8.00. The van der Waals surface area contributed by atoms with E-state index >= 15 is 0 Å². The molecule has 4 rings (SSSR count). The SMILES string of the molecule is COC(=O)c1ccccc1OC(=O)[C@@H]1O[C@H]2OC(C)(C)O[C@@H]2[C@H]2OC(C)(C)O[C@@H]21. The van der Waals surface area contributed by atoms with Crippen molar-refractivity contribution in [1.82, 2.24) is 0 Å². The minimum Gasteiger partial charge on any atom is -0.465 e. The fraction of sp³-hybridized carbons (Fsp3) is 0.600. The van der Waals surface area contributed by atoms with Crippen LogP contribution in [0.1, 0.15) is 38.1 Å². The number of para-hydroxylation sites is 1. The summed E-state index contributed by atoms with van der Waals surface area (Å²) in [6, 6.07) is 6.29. The van der Waals surface area contributed by atoms with Crippen LogP contribution in [0.3, 0.4) is 0 Å². The van der Waals surface area contributed by atoms with Crippen LogP contribution in [0.4, 0.5) is 0 Å². The predicted molar refractivity (Wildman–Crippen MR) is 95.9 cm³/mol. The fourth-order valence-corrected chi connectivity index (χ4v) is 3.80. The van der Waals surface area contributed by atoms with Gasteiger partial charge in [-0.05, 0) is 39.8 Å². The van der Waals surface area contributed by atoms with Crippen LogP contribution in [0, 0.1) is 0 Å². The number of esters is 2. The number of benzene rings is 1. The summed E-state index contributed by atoms with van der Waals surface area (Å²) in [6.45, 7) is 7.00. The van der Waals surface area contributed by atoms with Crippen LogP contribution >= 0.6 is 0 Å². The molecule has 3 heterocycles. The van der Waals surface area contributed by atoms with Gasteiger partial charge in [-0.1, -0.05) is 12.1 Å². The Morgan fingerprint density at radius 3 is 2.24 bits per heavy atom. The smallest absolute Gasteiger partial charge is 0.343 e. The van der Waals surface area contributed by atoms with Crippen molar-refractivity contribution in [2.24, 2.45) is 0 Å². The Bertz CT molecular complexity index is 818. The van der Waals surface area contributed by atoms with Crippen LogP contribution in [0.5, 0.6) is 5.75 Å². The van der Waals surface area contributed by atoms with Crippen LogP contribution in [-0.2, 0) is 33.2 Å². The number of hydrogen-bond acceptors (Lipinski definition) is 9. The Labute approximate surface area is 168 Å². The quantitative estimate of drug-likeness (QED) is 0.547. The molecular formula is C20H24O9. The molecular weight excluding hydrogens is 384 g/mol. The van der Waals surface area contributed by atoms with E-state index in [4.69, 9.17) is 33.2 Å². The molecule has 0 spiro atoms. The molecule has 3 saturated heterocycles. The van der Waals surface area contributed by atoms with E-state index in [0.29, 0.717) is 0 Å². The molecule has 158 valence electrons. The van der Waals surface area contributed by atoms with Gasteiger partial charge >= 0.3 is 11.9 Å². The summed E-state index contributed by atoms with van der Waals surface area (Å²) in [5, 5.41) is 0. The Kier molecular flexibility index (Phi) is 4.91. The number of methoxy groups -OCH3 is 1. The second kappa shape index (κ2) is 7.03. The molecule has 3 fully saturated rings. The van der Waals surface area contributed by atoms with Crippen molar-refractivity contribution in [2.75, 3.05) is 7.11 Å². The highest BCUT2D eigenvalue weighted by Crippen LogP contribution is 2.44. The third-order valence-corrected chi connectivity index (χ3v) is 4.89. The zero-order valence-corrected chi connectivity index (χ0v) is 16.9. The van der Waals surface area contributed by atoms with Crippen molar-refractivity contribution in [3.8, 4) is 5.75 Å². The van der Waals surface area contributed by atoms with Gasteiger partial charge in [-0.3, -0.25) is 0 Å². The van der Waals surface area contributed by atoms with Gasteiger partial charge in [0.05, 0.1) is 7.11 Å². The van der Waals surface area contributed by atoms with E-state index < -0.39 is 54.2 Å². The summed E-state index contributed by atoms with van der Waals surface area (Å²) >= 11 is 0. The standard InChI is InChI=1S/C20H24O9/c1-19(2)26-12-13(27-19)15-18(29-20(3,4)28-15)25-14(12)17(22)24-11-9-7-6-8-10(11)16(21)23-5/h6-9,12-15,18H,1-5H3/t12-,13-,14+,15+,18-/m0/s1. The van der Waals surface area contributed by atoms with Gasteiger partial charge in [-0.25, -0.2) is 9.59 Å². The van der Waals surface area contributed by atoms with Crippen molar-refractivity contribution < 1.29 is 42.7 Å². The van der Waals surface area contributed by atoms with Gasteiger partial charge in [0.1, 0.15) is 29.6 Å². The van der Waals surface area contributed by atoms with Crippen molar-refractivity contribution >= 4 is 11.9 Å². The largest absolute Gasteiger partial charge is 0.465 e. The third-order valence-electron chi connectivity index (χ3n) is 4.89. The Morgan fingerprint density at radius 1 is 0.897 bits per heavy atom. The zero-order chi connectivity index (χ0) is 21.0. The van der Waals surface area contributed by atoms with Crippen LogP contribution in [-0.4, -0.2) is 61.3 Å². The van der Waals surface area contributed by atoms with Crippen LogP contribution < -0.4 is 4.74 Å². The molecule has 0 aromatic heterocycles. The molecule has 29 heavy (non-hydrogen) atoms. The molecule has 3 aliphatic heterocycles. The second-order valence-corrected chi connectivity index (χ2v) is 8.00. The Hall–Kier alpha value is -2.04. The molecule has 0 radical (unpaired) electrons. The molecule has 1 aromatic carbocycles. The highest BCUT2D eigenvalue weighted by Gasteiger charge is 2.62. The monoisotopic (exact) mass is 408 g/mol. The van der Waals surface area contributed by atoms with E-state index in [1.165, 1.54) is 19.2 Å². The summed E-state index contributed by atoms with van der Waals surface area (Å²) in [5.41, 5.74) is 0.124. The van der Waals surface area contributed by atoms with E-state index in [2.05, 4.69) is 0 Å². The molecule has 0 N–H and O–H groups in total. The first-order chi connectivity index (χ1) is 13.6. The van der Waals surface area contributed by atoms with Gasteiger partial charge in [0.2, 0.25) is 0 Å². The van der Waals surface area contributed by atoms with Gasteiger partial charge in [-0.15, -0.1) is 0 Å². The molecule has 9 heteroatoms. The van der Waals surface area contributed by atoms with Crippen LogP contribution in [0.2, 0.25) is 0 Å². The highest BCUT2D eigenvalue weighted by molar-refractivity contribution is 5.93. The van der Waals surface area contributed by atoms with Crippen molar-refractivity contribution in [3.05, 3.63) is 29.8 Å². The van der Waals surface area contributed by atoms with E-state index in [1.54, 1.807) is 39.8 Å². The third kappa shape index (κ3) is 3.76. The van der Waals surface area contributed by atoms with E-state index in [0.717, 1.165) is 0 Å². The van der Waals surface area contributed by atoms with Gasteiger partial charge in [0.25, 0.3) is 0 Å². The first kappa shape index (κ1) is 20.2. The van der Waals surface area contributed by atoms with E-state index in [1.807, 2.05) is 0 Å². The van der Waals surface area contributed by atoms with Gasteiger partial charge < -0.3 is 33.2 Å². The lowest BCUT2D eigenvalue weighted by Gasteiger charge is -2.35. The Balaban J connectivity index is 1.59. The van der Waals surface area contributed by atoms with Crippen molar-refractivity contribution in [1.29, 1.82) is 0 Å². The number of carbonyl (C=O) groups excluding carboxylic acids is 2. The molecule has 9 nitrogen and oxygen atoms in total. The average molecular weight is 408 g/mol. The number of ether oxygens (including phenoxy) is 7. The van der Waals surface area contributed by atoms with Crippen LogP contribution in [0.15, 0.2) is 24.3 Å². The molecule has 0 saturated carbocycles. The maximum absolute atomic E-state index is 13.0. The maximum Gasteiger partial charge on any atom is 0.343 e. The zero-order valence-electron chi connectivity index (χ0n) is 16.9. The summed E-state index contributed by atoms with van der Waals surface area (Å²) in [7, 11) is 1.25. The normalized spacial score (nSPS) is 34.2. The first-order valence-electron chi connectivity index (χ1n) is 9.36. The fourth-order valence-electron chi connectivity index (χ4n) is 3.80. The lowest BCUT2D eigenvalue weighted by molar-refractivity contribution is -0.236. The predicted octanol–water partition coefficient (Wildman–Crippen LogP) is 1.78. The Morgan fingerprint density at radius 2 is 1.52 bits per heavy atom. The number of fused-ring (bicyclic) bond motifs is 3. The lowest BCUT2D eigenvalue weighted by Crippen LogP contribution is -2.58. The van der Waals surface area contributed by atoms with E-state index in [9.17, 15) is 9.59 Å². The van der Waals surface area contributed by atoms with Gasteiger partial charge in [0.15, 0.2) is 24.0 Å². The summed E-state index contributed by atoms with van der Waals surface area (Å²) in [5.74, 6) is -3.12. The summed E-state index contributed by atoms with van der Waals surface area (Å²) in [6.07, 6.45) is -3.85. The minimum atomic E-state index is -1.13. The molecule has 0 unspecified atom stereocenters. The summed E-state index contributed by atoms with van der Waals surface area (Å²) < 4.78 is 39.7. The molecule has 0 aliphatic carbocycles. The van der Waals surface area contributed by atoms with E-state index in [-0.39, 0.29) is 11.3 Å². The number of carbonyl (C=O) groups is 2. The van der Waals surface area contributed by atoms with Crippen molar-refractivity contribution in [3.63, 3.8) is 0 Å². The molecule has 0 amide bonds. The number of rotatable bonds is 3. The minimum absolute atomic E-state index is 0.0636. The maximum atomic E-state index is 13.0. The van der Waals surface area contributed by atoms with Gasteiger partial charge in [0, 0.05) is 0 Å². The summed E-state index contributed by atoms with van der Waals surface area (Å²) in [4.78, 5) is 25.0.